The number of anilines is 1. The van der Waals surface area contributed by atoms with Crippen molar-refractivity contribution in [2.24, 2.45) is 0 Å². The lowest BCUT2D eigenvalue weighted by molar-refractivity contribution is 0.102. The summed E-state index contributed by atoms with van der Waals surface area (Å²) in [6, 6.07) is 8.87. The van der Waals surface area contributed by atoms with Crippen molar-refractivity contribution in [1.82, 2.24) is 9.97 Å². The third-order valence-electron chi connectivity index (χ3n) is 3.53. The number of hydrogen-bond acceptors (Lipinski definition) is 3. The van der Waals surface area contributed by atoms with Crippen molar-refractivity contribution in [2.45, 2.75) is 6.92 Å². The molecule has 3 rings (SSSR count). The van der Waals surface area contributed by atoms with Crippen LogP contribution in [0.5, 0.6) is 0 Å². The monoisotopic (exact) mass is 325 g/mol. The molecule has 1 N–H and O–H groups in total. The Bertz CT molecular complexity index is 898. The van der Waals surface area contributed by atoms with Gasteiger partial charge in [0.05, 0.1) is 0 Å². The van der Waals surface area contributed by atoms with Crippen LogP contribution in [-0.4, -0.2) is 15.9 Å². The van der Waals surface area contributed by atoms with Gasteiger partial charge in [-0.1, -0.05) is 6.07 Å². The molecule has 120 valence electrons. The van der Waals surface area contributed by atoms with Gasteiger partial charge in [-0.05, 0) is 42.8 Å². The summed E-state index contributed by atoms with van der Waals surface area (Å²) in [6.07, 6.45) is 4.52. The Hall–Kier alpha value is -3.15. The van der Waals surface area contributed by atoms with E-state index in [1.165, 1.54) is 18.5 Å². The lowest BCUT2D eigenvalue weighted by atomic mass is 9.99. The van der Waals surface area contributed by atoms with Gasteiger partial charge in [0.2, 0.25) is 0 Å². The summed E-state index contributed by atoms with van der Waals surface area (Å²) in [4.78, 5) is 20.2. The molecule has 0 saturated heterocycles. The highest BCUT2D eigenvalue weighted by atomic mass is 19.2. The maximum Gasteiger partial charge on any atom is 0.256 e. The lowest BCUT2D eigenvalue weighted by Gasteiger charge is -2.10. The smallest absolute Gasteiger partial charge is 0.256 e. The maximum absolute atomic E-state index is 14.2. The molecule has 0 aliphatic heterocycles. The van der Waals surface area contributed by atoms with Gasteiger partial charge in [0.1, 0.15) is 5.82 Å². The SMILES string of the molecule is Cc1ccncc1-c1cc(C(=O)Nc2ccccn2)cc(F)c1F. The maximum atomic E-state index is 14.2. The van der Waals surface area contributed by atoms with Crippen LogP contribution in [0.25, 0.3) is 11.1 Å². The van der Waals surface area contributed by atoms with Crippen molar-refractivity contribution in [1.29, 1.82) is 0 Å². The second kappa shape index (κ2) is 6.54. The summed E-state index contributed by atoms with van der Waals surface area (Å²) in [5, 5.41) is 2.54. The lowest BCUT2D eigenvalue weighted by Crippen LogP contribution is -2.14. The third kappa shape index (κ3) is 3.12. The molecule has 0 unspecified atom stereocenters. The van der Waals surface area contributed by atoms with Gasteiger partial charge in [0.25, 0.3) is 5.91 Å². The second-order valence-electron chi connectivity index (χ2n) is 5.18. The van der Waals surface area contributed by atoms with Crippen LogP contribution in [0.3, 0.4) is 0 Å². The van der Waals surface area contributed by atoms with Gasteiger partial charge >= 0.3 is 0 Å². The second-order valence-corrected chi connectivity index (χ2v) is 5.18. The Morgan fingerprint density at radius 1 is 1.08 bits per heavy atom. The first kappa shape index (κ1) is 15.7. The summed E-state index contributed by atoms with van der Waals surface area (Å²) in [5.74, 6) is -2.36. The van der Waals surface area contributed by atoms with Crippen molar-refractivity contribution < 1.29 is 13.6 Å². The first-order chi connectivity index (χ1) is 11.6. The zero-order chi connectivity index (χ0) is 17.1. The van der Waals surface area contributed by atoms with Gasteiger partial charge in [-0.25, -0.2) is 13.8 Å². The van der Waals surface area contributed by atoms with E-state index < -0.39 is 17.5 Å². The van der Waals surface area contributed by atoms with Gasteiger partial charge in [0.15, 0.2) is 11.6 Å². The Morgan fingerprint density at radius 3 is 2.62 bits per heavy atom. The number of amides is 1. The van der Waals surface area contributed by atoms with Crippen molar-refractivity contribution in [3.8, 4) is 11.1 Å². The number of pyridine rings is 2. The van der Waals surface area contributed by atoms with E-state index in [0.717, 1.165) is 11.6 Å². The molecular weight excluding hydrogens is 312 g/mol. The van der Waals surface area contributed by atoms with Crippen molar-refractivity contribution in [3.63, 3.8) is 0 Å². The number of benzene rings is 1. The quantitative estimate of drug-likeness (QED) is 0.792. The minimum atomic E-state index is -1.10. The Morgan fingerprint density at radius 2 is 1.92 bits per heavy atom. The number of nitrogens with one attached hydrogen (secondary N) is 1. The average Bonchev–Trinajstić information content (AvgIpc) is 2.59. The Labute approximate surface area is 137 Å². The van der Waals surface area contributed by atoms with E-state index in [4.69, 9.17) is 0 Å². The number of rotatable bonds is 3. The number of halogens is 2. The van der Waals surface area contributed by atoms with Crippen LogP contribution in [-0.2, 0) is 0 Å². The highest BCUT2D eigenvalue weighted by Crippen LogP contribution is 2.28. The Balaban J connectivity index is 2.01. The van der Waals surface area contributed by atoms with Gasteiger partial charge in [-0.3, -0.25) is 9.78 Å². The fourth-order valence-corrected chi connectivity index (χ4v) is 2.29. The normalized spacial score (nSPS) is 10.5. The molecule has 0 aliphatic rings. The number of hydrogen-bond donors (Lipinski definition) is 1. The average molecular weight is 325 g/mol. The molecule has 0 atom stereocenters. The van der Waals surface area contributed by atoms with Crippen molar-refractivity contribution in [2.75, 3.05) is 5.32 Å². The third-order valence-corrected chi connectivity index (χ3v) is 3.53. The zero-order valence-electron chi connectivity index (χ0n) is 12.8. The number of aromatic nitrogens is 2. The molecule has 1 amide bonds. The first-order valence-electron chi connectivity index (χ1n) is 7.18. The molecule has 3 aromatic rings. The van der Waals surface area contributed by atoms with Gasteiger partial charge in [-0.15, -0.1) is 0 Å². The number of aryl methyl sites for hydroxylation is 1. The molecule has 0 spiro atoms. The summed E-state index contributed by atoms with van der Waals surface area (Å²) in [5.41, 5.74) is 1.15. The predicted molar refractivity (Wildman–Crippen MR) is 86.5 cm³/mol. The van der Waals surface area contributed by atoms with Crippen molar-refractivity contribution in [3.05, 3.63) is 77.8 Å². The molecule has 2 heterocycles. The summed E-state index contributed by atoms with van der Waals surface area (Å²) < 4.78 is 28.2. The molecule has 1 aromatic carbocycles. The van der Waals surface area contributed by atoms with Crippen LogP contribution in [0.1, 0.15) is 15.9 Å². The van der Waals surface area contributed by atoms with Gasteiger partial charge in [-0.2, -0.15) is 0 Å². The fraction of sp³-hybridized carbons (Fsp3) is 0.0556. The summed E-state index contributed by atoms with van der Waals surface area (Å²) in [6.45, 7) is 1.76. The summed E-state index contributed by atoms with van der Waals surface area (Å²) in [7, 11) is 0. The van der Waals surface area contributed by atoms with Gasteiger partial charge in [0, 0.05) is 35.3 Å². The van der Waals surface area contributed by atoms with Crippen LogP contribution >= 0.6 is 0 Å². The van der Waals surface area contributed by atoms with Gasteiger partial charge < -0.3 is 5.32 Å². The molecule has 6 heteroatoms. The van der Waals surface area contributed by atoms with E-state index >= 15 is 0 Å². The van der Waals surface area contributed by atoms with E-state index in [0.29, 0.717) is 11.4 Å². The van der Waals surface area contributed by atoms with E-state index in [1.54, 1.807) is 37.4 Å². The van der Waals surface area contributed by atoms with Crippen LogP contribution in [0, 0.1) is 18.6 Å². The molecule has 0 bridgehead atoms. The summed E-state index contributed by atoms with van der Waals surface area (Å²) >= 11 is 0. The molecule has 4 nitrogen and oxygen atoms in total. The Kier molecular flexibility index (Phi) is 4.29. The highest BCUT2D eigenvalue weighted by molar-refractivity contribution is 6.04. The van der Waals surface area contributed by atoms with Crippen molar-refractivity contribution >= 4 is 11.7 Å². The molecule has 2 aromatic heterocycles. The highest BCUT2D eigenvalue weighted by Gasteiger charge is 2.18. The number of carbonyl (C=O) groups is 1. The molecule has 24 heavy (non-hydrogen) atoms. The minimum Gasteiger partial charge on any atom is -0.307 e. The molecule has 0 fully saturated rings. The topological polar surface area (TPSA) is 54.9 Å². The zero-order valence-corrected chi connectivity index (χ0v) is 12.8. The van der Waals surface area contributed by atoms with Crippen LogP contribution in [0.15, 0.2) is 55.0 Å². The van der Waals surface area contributed by atoms with E-state index in [-0.39, 0.29) is 11.1 Å². The van der Waals surface area contributed by atoms with Crippen LogP contribution < -0.4 is 5.32 Å². The molecule has 0 radical (unpaired) electrons. The minimum absolute atomic E-state index is 0.00203. The largest absolute Gasteiger partial charge is 0.307 e. The van der Waals surface area contributed by atoms with E-state index in [1.807, 2.05) is 0 Å². The van der Waals surface area contributed by atoms with E-state index in [9.17, 15) is 13.6 Å². The predicted octanol–water partition coefficient (Wildman–Crippen LogP) is 3.98. The van der Waals surface area contributed by atoms with Crippen LogP contribution in [0.2, 0.25) is 0 Å². The molecule has 0 aliphatic carbocycles. The van der Waals surface area contributed by atoms with Crippen LogP contribution in [0.4, 0.5) is 14.6 Å². The standard InChI is InChI=1S/C18H13F2N3O/c1-11-5-7-21-10-14(11)13-8-12(9-15(19)17(13)20)18(24)23-16-4-2-3-6-22-16/h2-10H,1H3,(H,22,23,24). The first-order valence-corrected chi connectivity index (χ1v) is 7.18. The number of carbonyl (C=O) groups excluding carboxylic acids is 1. The van der Waals surface area contributed by atoms with E-state index in [2.05, 4.69) is 15.3 Å². The number of nitrogens with zero attached hydrogens (tertiary/aromatic N) is 2. The fourth-order valence-electron chi connectivity index (χ4n) is 2.29. The molecular formula is C18H13F2N3O. The molecule has 0 saturated carbocycles.